The molecule has 9 heteroatoms. The van der Waals surface area contributed by atoms with Crippen LogP contribution in [0.15, 0.2) is 23.5 Å². The highest BCUT2D eigenvalue weighted by Gasteiger charge is 2.20. The van der Waals surface area contributed by atoms with Crippen molar-refractivity contribution >= 4 is 45.0 Å². The summed E-state index contributed by atoms with van der Waals surface area (Å²) in [5.41, 5.74) is 6.91. The maximum absolute atomic E-state index is 11.3. The summed E-state index contributed by atoms with van der Waals surface area (Å²) in [6, 6.07) is 3.80. The Hall–Kier alpha value is -2.13. The van der Waals surface area contributed by atoms with Gasteiger partial charge < -0.3 is 15.0 Å². The number of thiophene rings is 1. The van der Waals surface area contributed by atoms with Crippen LogP contribution in [0.3, 0.4) is 0 Å². The molecule has 0 aliphatic carbocycles. The molecule has 0 aliphatic rings. The van der Waals surface area contributed by atoms with Gasteiger partial charge in [0.05, 0.1) is 23.4 Å². The van der Waals surface area contributed by atoms with E-state index in [4.69, 9.17) is 5.73 Å². The van der Waals surface area contributed by atoms with Gasteiger partial charge in [0.2, 0.25) is 0 Å². The number of carbonyl (C=O) groups excluding carboxylic acids is 1. The molecule has 3 heterocycles. The first-order chi connectivity index (χ1) is 11.2. The Kier molecular flexibility index (Phi) is 4.49. The first kappa shape index (κ1) is 15.8. The van der Waals surface area contributed by atoms with E-state index in [1.165, 1.54) is 30.2 Å². The number of ether oxygens (including phenoxy) is 1. The van der Waals surface area contributed by atoms with Crippen LogP contribution in [-0.4, -0.2) is 38.6 Å². The number of methoxy groups -OCH3 is 1. The Bertz CT molecular complexity index is 858. The number of aromatic nitrogens is 4. The van der Waals surface area contributed by atoms with Gasteiger partial charge in [0.15, 0.2) is 11.0 Å². The van der Waals surface area contributed by atoms with E-state index in [9.17, 15) is 4.79 Å². The van der Waals surface area contributed by atoms with Gasteiger partial charge in [-0.05, 0) is 19.1 Å². The third kappa shape index (κ3) is 2.89. The van der Waals surface area contributed by atoms with Crippen molar-refractivity contribution in [3.8, 4) is 10.7 Å². The minimum absolute atomic E-state index is 0.193. The average Bonchev–Trinajstić information content (AvgIpc) is 3.13. The number of carbonyl (C=O) groups is 1. The van der Waals surface area contributed by atoms with Crippen molar-refractivity contribution in [3.63, 3.8) is 0 Å². The van der Waals surface area contributed by atoms with Crippen LogP contribution < -0.4 is 5.73 Å². The van der Waals surface area contributed by atoms with Gasteiger partial charge in [-0.3, -0.25) is 4.79 Å². The first-order valence-corrected chi connectivity index (χ1v) is 8.72. The highest BCUT2D eigenvalue weighted by Crippen LogP contribution is 2.39. The number of thioether (sulfide) groups is 1. The van der Waals surface area contributed by atoms with Crippen LogP contribution in [0.2, 0.25) is 0 Å². The van der Waals surface area contributed by atoms with Crippen molar-refractivity contribution in [2.45, 2.75) is 18.6 Å². The zero-order valence-corrected chi connectivity index (χ0v) is 14.3. The number of nitrogens with zero attached hydrogens (tertiary/aromatic N) is 4. The molecule has 3 aromatic heterocycles. The molecule has 0 saturated heterocycles. The number of rotatable bonds is 5. The lowest BCUT2D eigenvalue weighted by Crippen LogP contribution is -2.05. The zero-order valence-electron chi connectivity index (χ0n) is 12.6. The Morgan fingerprint density at radius 1 is 1.48 bits per heavy atom. The summed E-state index contributed by atoms with van der Waals surface area (Å²) >= 11 is 2.78. The fourth-order valence-corrected chi connectivity index (χ4v) is 4.04. The molecule has 0 aliphatic heterocycles. The Morgan fingerprint density at radius 2 is 2.30 bits per heavy atom. The normalized spacial score (nSPS) is 11.0. The minimum atomic E-state index is -0.298. The Balaban J connectivity index is 2.00. The molecule has 0 fully saturated rings. The topological polar surface area (TPSA) is 95.9 Å². The van der Waals surface area contributed by atoms with Gasteiger partial charge in [0, 0.05) is 18.1 Å². The van der Waals surface area contributed by atoms with Crippen molar-refractivity contribution in [1.82, 2.24) is 19.7 Å². The van der Waals surface area contributed by atoms with Crippen LogP contribution in [-0.2, 0) is 16.1 Å². The summed E-state index contributed by atoms with van der Waals surface area (Å²) in [4.78, 5) is 17.4. The van der Waals surface area contributed by atoms with Crippen LogP contribution in [0.1, 0.15) is 6.92 Å². The molecule has 23 heavy (non-hydrogen) atoms. The Morgan fingerprint density at radius 3 is 3.00 bits per heavy atom. The second kappa shape index (κ2) is 6.55. The number of fused-ring (bicyclic) bond motifs is 1. The van der Waals surface area contributed by atoms with Crippen molar-refractivity contribution < 1.29 is 9.53 Å². The molecule has 0 atom stereocenters. The molecule has 7 nitrogen and oxygen atoms in total. The number of pyridine rings is 1. The fraction of sp³-hybridized carbons (Fsp3) is 0.286. The molecule has 0 aromatic carbocycles. The number of nitrogen functional groups attached to an aromatic ring is 1. The van der Waals surface area contributed by atoms with Gasteiger partial charge in [-0.2, -0.15) is 0 Å². The number of esters is 1. The van der Waals surface area contributed by atoms with Crippen molar-refractivity contribution in [1.29, 1.82) is 0 Å². The van der Waals surface area contributed by atoms with Gasteiger partial charge in [-0.25, -0.2) is 4.98 Å². The summed E-state index contributed by atoms with van der Waals surface area (Å²) < 4.78 is 6.59. The number of hydrogen-bond donors (Lipinski definition) is 1. The predicted molar refractivity (Wildman–Crippen MR) is 91.5 cm³/mol. The van der Waals surface area contributed by atoms with Gasteiger partial charge in [0.25, 0.3) is 0 Å². The standard InChI is InChI=1S/C14H15N5O2S2/c1-3-19-12(17-18-14(19)22-7-9(20)21-2)11-10(15)8-5-4-6-16-13(8)23-11/h4-6H,3,7,15H2,1-2H3. The van der Waals surface area contributed by atoms with E-state index >= 15 is 0 Å². The quantitative estimate of drug-likeness (QED) is 0.558. The highest BCUT2D eigenvalue weighted by molar-refractivity contribution is 7.99. The maximum atomic E-state index is 11.3. The van der Waals surface area contributed by atoms with Crippen LogP contribution in [0.4, 0.5) is 5.69 Å². The van der Waals surface area contributed by atoms with Gasteiger partial charge in [-0.1, -0.05) is 11.8 Å². The van der Waals surface area contributed by atoms with Crippen molar-refractivity contribution in [2.75, 3.05) is 18.6 Å². The summed E-state index contributed by atoms with van der Waals surface area (Å²) in [6.07, 6.45) is 1.74. The summed E-state index contributed by atoms with van der Waals surface area (Å²) in [5, 5.41) is 10.0. The second-order valence-corrected chi connectivity index (χ2v) is 6.56. The first-order valence-electron chi connectivity index (χ1n) is 6.91. The van der Waals surface area contributed by atoms with Gasteiger partial charge in [0.1, 0.15) is 4.83 Å². The molecule has 0 bridgehead atoms. The minimum Gasteiger partial charge on any atom is -0.468 e. The third-order valence-corrected chi connectivity index (χ3v) is 5.35. The Labute approximate surface area is 140 Å². The molecule has 120 valence electrons. The molecular formula is C14H15N5O2S2. The second-order valence-electron chi connectivity index (χ2n) is 4.62. The molecule has 0 unspecified atom stereocenters. The van der Waals surface area contributed by atoms with E-state index in [2.05, 4.69) is 19.9 Å². The third-order valence-electron chi connectivity index (χ3n) is 3.29. The molecule has 3 aromatic rings. The van der Waals surface area contributed by atoms with E-state index in [-0.39, 0.29) is 11.7 Å². The average molecular weight is 349 g/mol. The molecule has 0 spiro atoms. The number of anilines is 1. The largest absolute Gasteiger partial charge is 0.468 e. The molecular weight excluding hydrogens is 334 g/mol. The number of nitrogens with two attached hydrogens (primary N) is 1. The smallest absolute Gasteiger partial charge is 0.316 e. The summed E-state index contributed by atoms with van der Waals surface area (Å²) in [7, 11) is 1.36. The lowest BCUT2D eigenvalue weighted by Gasteiger charge is -2.06. The lowest BCUT2D eigenvalue weighted by molar-refractivity contribution is -0.137. The van der Waals surface area contributed by atoms with Crippen molar-refractivity contribution in [2.24, 2.45) is 0 Å². The monoisotopic (exact) mass is 349 g/mol. The zero-order chi connectivity index (χ0) is 16.4. The molecule has 0 amide bonds. The molecule has 0 saturated carbocycles. The van der Waals surface area contributed by atoms with E-state index in [0.29, 0.717) is 23.2 Å². The molecule has 0 radical (unpaired) electrons. The van der Waals surface area contributed by atoms with Gasteiger partial charge in [-0.15, -0.1) is 21.5 Å². The maximum Gasteiger partial charge on any atom is 0.316 e. The van der Waals surface area contributed by atoms with Crippen LogP contribution in [0.5, 0.6) is 0 Å². The lowest BCUT2D eigenvalue weighted by atomic mass is 10.2. The highest BCUT2D eigenvalue weighted by atomic mass is 32.2. The van der Waals surface area contributed by atoms with Crippen LogP contribution in [0.25, 0.3) is 20.9 Å². The van der Waals surface area contributed by atoms with Crippen molar-refractivity contribution in [3.05, 3.63) is 18.3 Å². The van der Waals surface area contributed by atoms with E-state index in [1.807, 2.05) is 23.6 Å². The SMILES string of the molecule is CCn1c(SCC(=O)OC)nnc1-c1sc2ncccc2c1N. The van der Waals surface area contributed by atoms with E-state index in [1.54, 1.807) is 6.20 Å². The summed E-state index contributed by atoms with van der Waals surface area (Å²) in [6.45, 7) is 2.67. The van der Waals surface area contributed by atoms with Gasteiger partial charge >= 0.3 is 5.97 Å². The molecule has 3 rings (SSSR count). The predicted octanol–water partition coefficient (Wildman–Crippen LogP) is 2.42. The van der Waals surface area contributed by atoms with Crippen LogP contribution in [0, 0.1) is 0 Å². The van der Waals surface area contributed by atoms with E-state index in [0.717, 1.165) is 15.1 Å². The van der Waals surface area contributed by atoms with E-state index < -0.39 is 0 Å². The number of hydrogen-bond acceptors (Lipinski definition) is 8. The molecule has 2 N–H and O–H groups in total. The fourth-order valence-electron chi connectivity index (χ4n) is 2.15. The summed E-state index contributed by atoms with van der Waals surface area (Å²) in [5.74, 6) is 0.589. The van der Waals surface area contributed by atoms with Crippen LogP contribution >= 0.6 is 23.1 Å².